The summed E-state index contributed by atoms with van der Waals surface area (Å²) in [4.78, 5) is 8.22. The molecule has 4 heterocycles. The summed E-state index contributed by atoms with van der Waals surface area (Å²) in [5, 5.41) is 4.56. The van der Waals surface area contributed by atoms with Gasteiger partial charge in [0.25, 0.3) is 0 Å². The maximum absolute atomic E-state index is 13.1. The standard InChI is InChI=1S/C12H9FN2.C12H10N2/c1-15-11-3-2-8(13)6-10(11)9-4-5-14-7-12(9)15;1-14-11-5-3-2-4-9(11)10-6-7-13-8-12(10)14/h2-7H,1H3;2-8H,1H3. The second kappa shape index (κ2) is 6.71. The Bertz CT molecular complexity index is 1440. The highest BCUT2D eigenvalue weighted by atomic mass is 19.1. The van der Waals surface area contributed by atoms with Crippen LogP contribution in [-0.4, -0.2) is 19.1 Å². The van der Waals surface area contributed by atoms with E-state index >= 15 is 0 Å². The lowest BCUT2D eigenvalue weighted by molar-refractivity contribution is 0.629. The maximum atomic E-state index is 13.1. The molecule has 0 N–H and O–H groups in total. The highest BCUT2D eigenvalue weighted by Gasteiger charge is 2.08. The third kappa shape index (κ3) is 2.74. The lowest BCUT2D eigenvalue weighted by atomic mass is 10.2. The molecule has 142 valence electrons. The van der Waals surface area contributed by atoms with E-state index in [-0.39, 0.29) is 5.82 Å². The van der Waals surface area contributed by atoms with Crippen molar-refractivity contribution in [3.8, 4) is 0 Å². The Labute approximate surface area is 166 Å². The van der Waals surface area contributed by atoms with E-state index in [2.05, 4.69) is 51.9 Å². The highest BCUT2D eigenvalue weighted by Crippen LogP contribution is 2.28. The van der Waals surface area contributed by atoms with Crippen LogP contribution < -0.4 is 0 Å². The predicted molar refractivity (Wildman–Crippen MR) is 116 cm³/mol. The minimum atomic E-state index is -0.202. The molecule has 6 rings (SSSR count). The van der Waals surface area contributed by atoms with E-state index < -0.39 is 0 Å². The molecule has 5 heteroatoms. The number of aryl methyl sites for hydroxylation is 2. The summed E-state index contributed by atoms with van der Waals surface area (Å²) in [7, 11) is 4.04. The maximum Gasteiger partial charge on any atom is 0.123 e. The van der Waals surface area contributed by atoms with Crippen molar-refractivity contribution in [3.05, 3.63) is 85.2 Å². The van der Waals surface area contributed by atoms with Crippen molar-refractivity contribution in [2.75, 3.05) is 0 Å². The van der Waals surface area contributed by atoms with E-state index in [1.165, 1.54) is 27.9 Å². The van der Waals surface area contributed by atoms with Crippen LogP contribution in [0, 0.1) is 5.82 Å². The number of nitrogens with zero attached hydrogens (tertiary/aromatic N) is 4. The molecule has 4 nitrogen and oxygen atoms in total. The van der Waals surface area contributed by atoms with Gasteiger partial charge in [-0.3, -0.25) is 9.97 Å². The molecule has 0 aliphatic rings. The molecule has 0 saturated heterocycles. The highest BCUT2D eigenvalue weighted by molar-refractivity contribution is 6.08. The summed E-state index contributed by atoms with van der Waals surface area (Å²) < 4.78 is 17.4. The molecule has 29 heavy (non-hydrogen) atoms. The van der Waals surface area contributed by atoms with E-state index in [1.54, 1.807) is 24.5 Å². The van der Waals surface area contributed by atoms with E-state index in [0.29, 0.717) is 0 Å². The first-order valence-electron chi connectivity index (χ1n) is 9.40. The molecule has 0 atom stereocenters. The fourth-order valence-corrected chi connectivity index (χ4v) is 4.03. The van der Waals surface area contributed by atoms with Crippen molar-refractivity contribution < 1.29 is 4.39 Å². The van der Waals surface area contributed by atoms with Crippen LogP contribution in [-0.2, 0) is 14.1 Å². The molecule has 0 saturated carbocycles. The number of pyridine rings is 2. The van der Waals surface area contributed by atoms with Crippen LogP contribution in [0.2, 0.25) is 0 Å². The zero-order valence-corrected chi connectivity index (χ0v) is 16.2. The van der Waals surface area contributed by atoms with Crippen molar-refractivity contribution in [2.45, 2.75) is 0 Å². The second-order valence-corrected chi connectivity index (χ2v) is 7.08. The zero-order chi connectivity index (χ0) is 20.0. The first-order chi connectivity index (χ1) is 14.1. The van der Waals surface area contributed by atoms with E-state index in [1.807, 2.05) is 30.1 Å². The van der Waals surface area contributed by atoms with Gasteiger partial charge in [0, 0.05) is 59.1 Å². The van der Waals surface area contributed by atoms with E-state index in [0.717, 1.165) is 21.8 Å². The lowest BCUT2D eigenvalue weighted by Gasteiger charge is -1.95. The average Bonchev–Trinajstić information content (AvgIpc) is 3.22. The Morgan fingerprint density at radius 3 is 1.86 bits per heavy atom. The minimum Gasteiger partial charge on any atom is -0.342 e. The number of fused-ring (bicyclic) bond motifs is 6. The monoisotopic (exact) mass is 382 g/mol. The Morgan fingerprint density at radius 2 is 1.17 bits per heavy atom. The quantitative estimate of drug-likeness (QED) is 0.343. The minimum absolute atomic E-state index is 0.202. The third-order valence-corrected chi connectivity index (χ3v) is 5.49. The van der Waals surface area contributed by atoms with Crippen LogP contribution in [0.1, 0.15) is 0 Å². The summed E-state index contributed by atoms with van der Waals surface area (Å²) in [5.41, 5.74) is 4.50. The van der Waals surface area contributed by atoms with Crippen LogP contribution in [0.15, 0.2) is 79.4 Å². The fourth-order valence-electron chi connectivity index (χ4n) is 4.03. The largest absolute Gasteiger partial charge is 0.342 e. The number of hydrogen-bond donors (Lipinski definition) is 0. The molecule has 2 aromatic carbocycles. The first-order valence-corrected chi connectivity index (χ1v) is 9.40. The van der Waals surface area contributed by atoms with Crippen LogP contribution in [0.3, 0.4) is 0 Å². The SMILES string of the molecule is Cn1c2ccc(F)cc2c2ccncc21.Cn1c2ccccc2c2ccncc21. The normalized spacial score (nSPS) is 11.3. The van der Waals surface area contributed by atoms with Gasteiger partial charge in [-0.05, 0) is 36.4 Å². The summed E-state index contributed by atoms with van der Waals surface area (Å²) in [5.74, 6) is -0.202. The molecule has 0 radical (unpaired) electrons. The smallest absolute Gasteiger partial charge is 0.123 e. The summed E-state index contributed by atoms with van der Waals surface area (Å²) in [6, 6.07) is 17.2. The number of aromatic nitrogens is 4. The molecule has 0 amide bonds. The van der Waals surface area contributed by atoms with Crippen molar-refractivity contribution >= 4 is 43.6 Å². The van der Waals surface area contributed by atoms with Crippen molar-refractivity contribution in [1.82, 2.24) is 19.1 Å². The Hall–Kier alpha value is -3.73. The average molecular weight is 382 g/mol. The van der Waals surface area contributed by atoms with Gasteiger partial charge in [0.05, 0.1) is 23.4 Å². The Balaban J connectivity index is 0.000000125. The van der Waals surface area contributed by atoms with Gasteiger partial charge in [0.15, 0.2) is 0 Å². The predicted octanol–water partition coefficient (Wildman–Crippen LogP) is 5.59. The topological polar surface area (TPSA) is 35.6 Å². The number of benzene rings is 2. The molecule has 4 aromatic heterocycles. The van der Waals surface area contributed by atoms with Gasteiger partial charge in [-0.2, -0.15) is 0 Å². The van der Waals surface area contributed by atoms with Crippen LogP contribution in [0.25, 0.3) is 43.6 Å². The van der Waals surface area contributed by atoms with Crippen LogP contribution in [0.4, 0.5) is 4.39 Å². The van der Waals surface area contributed by atoms with Gasteiger partial charge in [-0.15, -0.1) is 0 Å². The molecule has 6 aromatic rings. The van der Waals surface area contributed by atoms with Gasteiger partial charge < -0.3 is 9.13 Å². The first kappa shape index (κ1) is 17.4. The van der Waals surface area contributed by atoms with Crippen molar-refractivity contribution in [3.63, 3.8) is 0 Å². The van der Waals surface area contributed by atoms with E-state index in [9.17, 15) is 4.39 Å². The fraction of sp³-hybridized carbons (Fsp3) is 0.0833. The molecule has 0 unspecified atom stereocenters. The second-order valence-electron chi connectivity index (χ2n) is 7.08. The zero-order valence-electron chi connectivity index (χ0n) is 16.2. The molecule has 0 fully saturated rings. The van der Waals surface area contributed by atoms with Gasteiger partial charge in [0.2, 0.25) is 0 Å². The summed E-state index contributed by atoms with van der Waals surface area (Å²) in [6.07, 6.45) is 7.28. The van der Waals surface area contributed by atoms with Gasteiger partial charge in [-0.1, -0.05) is 18.2 Å². The molecular weight excluding hydrogens is 363 g/mol. The van der Waals surface area contributed by atoms with Crippen LogP contribution >= 0.6 is 0 Å². The summed E-state index contributed by atoms with van der Waals surface area (Å²) in [6.45, 7) is 0. The number of halogens is 1. The number of para-hydroxylation sites is 1. The van der Waals surface area contributed by atoms with Crippen molar-refractivity contribution in [2.24, 2.45) is 14.1 Å². The summed E-state index contributed by atoms with van der Waals surface area (Å²) >= 11 is 0. The van der Waals surface area contributed by atoms with Gasteiger partial charge >= 0.3 is 0 Å². The molecular formula is C24H19FN4. The Kier molecular flexibility index (Phi) is 4.02. The molecule has 0 bridgehead atoms. The molecule has 0 aliphatic carbocycles. The van der Waals surface area contributed by atoms with Crippen molar-refractivity contribution in [1.29, 1.82) is 0 Å². The molecule has 0 spiro atoms. The number of rotatable bonds is 0. The van der Waals surface area contributed by atoms with E-state index in [4.69, 9.17) is 0 Å². The van der Waals surface area contributed by atoms with Crippen LogP contribution in [0.5, 0.6) is 0 Å². The third-order valence-electron chi connectivity index (χ3n) is 5.49. The lowest BCUT2D eigenvalue weighted by Crippen LogP contribution is -1.86. The van der Waals surface area contributed by atoms with Gasteiger partial charge in [-0.25, -0.2) is 4.39 Å². The number of hydrogen-bond acceptors (Lipinski definition) is 2. The van der Waals surface area contributed by atoms with Gasteiger partial charge in [0.1, 0.15) is 5.82 Å². The Morgan fingerprint density at radius 1 is 0.621 bits per heavy atom. The molecule has 0 aliphatic heterocycles.